The number of hydrogen-bond acceptors (Lipinski definition) is 12. The Bertz CT molecular complexity index is 1020. The van der Waals surface area contributed by atoms with Gasteiger partial charge in [0.15, 0.2) is 18.1 Å². The Balaban J connectivity index is 0.000000360. The third kappa shape index (κ3) is 9.44. The smallest absolute Gasteiger partial charge is 0.462 e. The fourth-order valence-corrected chi connectivity index (χ4v) is 3.38. The summed E-state index contributed by atoms with van der Waals surface area (Å²) in [4.78, 5) is 34.5. The summed E-state index contributed by atoms with van der Waals surface area (Å²) in [6.07, 6.45) is 3.81. The highest BCUT2D eigenvalue weighted by Crippen LogP contribution is 2.33. The normalized spacial score (nSPS) is 15.4. The lowest BCUT2D eigenvalue weighted by Crippen LogP contribution is -2.35. The molecule has 2 heterocycles. The Kier molecular flexibility index (Phi) is 10.4. The number of ether oxygens (including phenoxy) is 3. The fourth-order valence-electron chi connectivity index (χ4n) is 2.68. The lowest BCUT2D eigenvalue weighted by Gasteiger charge is -2.11. The van der Waals surface area contributed by atoms with E-state index < -0.39 is 19.5 Å². The Hall–Kier alpha value is -2.73. The van der Waals surface area contributed by atoms with E-state index in [2.05, 4.69) is 15.0 Å². The molecule has 0 aliphatic heterocycles. The molecule has 0 spiro atoms. The monoisotopic (exact) mass is 513 g/mol. The van der Waals surface area contributed by atoms with Gasteiger partial charge in [-0.05, 0) is 52.0 Å². The average molecular weight is 514 g/mol. The summed E-state index contributed by atoms with van der Waals surface area (Å²) < 4.78 is 33.7. The van der Waals surface area contributed by atoms with Crippen molar-refractivity contribution >= 4 is 36.9 Å². The summed E-state index contributed by atoms with van der Waals surface area (Å²) in [6.45, 7) is 8.97. The standard InChI is InChI=1S/C14H21N5O5P.C7H13NO2/c1-9(2)24-11(20)5-23-25(21)8-22-10(3)4-19-7-18-12-13(15)16-6-17-14(12)19;1-5(2)10-6(9)7(8)3-4-7/h6-7,9-10H,4-5,8H2,1-3H3,(H2,15,16,17);5H,3-4,8H2,1-2H3/q+1;. The molecule has 1 aliphatic rings. The minimum Gasteiger partial charge on any atom is -0.462 e. The van der Waals surface area contributed by atoms with Crippen molar-refractivity contribution in [1.29, 1.82) is 0 Å². The molecule has 0 amide bonds. The maximum atomic E-state index is 11.7. The second-order valence-corrected chi connectivity index (χ2v) is 9.87. The number of rotatable bonds is 11. The molecule has 0 radical (unpaired) electrons. The van der Waals surface area contributed by atoms with Crippen molar-refractivity contribution in [2.24, 2.45) is 5.73 Å². The molecular weight excluding hydrogens is 479 g/mol. The maximum absolute atomic E-state index is 11.7. The van der Waals surface area contributed by atoms with Crippen molar-refractivity contribution in [3.05, 3.63) is 12.7 Å². The van der Waals surface area contributed by atoms with Crippen LogP contribution in [0.5, 0.6) is 0 Å². The summed E-state index contributed by atoms with van der Waals surface area (Å²) in [5, 5.41) is 0. The number of carbonyl (C=O) groups excluding carboxylic acids is 2. The van der Waals surface area contributed by atoms with Crippen LogP contribution in [0.25, 0.3) is 11.2 Å². The van der Waals surface area contributed by atoms with Crippen LogP contribution < -0.4 is 11.5 Å². The quantitative estimate of drug-likeness (QED) is 0.329. The molecular formula is C21H34N6O7P+. The van der Waals surface area contributed by atoms with Gasteiger partial charge in [0.1, 0.15) is 17.4 Å². The zero-order valence-corrected chi connectivity index (χ0v) is 21.6. The van der Waals surface area contributed by atoms with Crippen LogP contribution in [0.4, 0.5) is 5.82 Å². The molecule has 2 atom stereocenters. The first-order valence-corrected chi connectivity index (χ1v) is 12.6. The Morgan fingerprint density at radius 3 is 2.37 bits per heavy atom. The Morgan fingerprint density at radius 2 is 1.77 bits per heavy atom. The van der Waals surface area contributed by atoms with Crippen LogP contribution in [0, 0.1) is 0 Å². The van der Waals surface area contributed by atoms with E-state index in [9.17, 15) is 14.2 Å². The molecule has 194 valence electrons. The van der Waals surface area contributed by atoms with Gasteiger partial charge >= 0.3 is 20.0 Å². The van der Waals surface area contributed by atoms with E-state index in [1.807, 2.05) is 20.8 Å². The van der Waals surface area contributed by atoms with Gasteiger partial charge in [-0.25, -0.2) is 19.7 Å². The predicted molar refractivity (Wildman–Crippen MR) is 127 cm³/mol. The molecule has 1 fully saturated rings. The molecule has 4 N–H and O–H groups in total. The van der Waals surface area contributed by atoms with Gasteiger partial charge in [-0.3, -0.25) is 4.79 Å². The van der Waals surface area contributed by atoms with E-state index in [1.165, 1.54) is 6.33 Å². The summed E-state index contributed by atoms with van der Waals surface area (Å²) in [5.74, 6) is -0.502. The largest absolute Gasteiger partial charge is 0.537 e. The lowest BCUT2D eigenvalue weighted by molar-refractivity contribution is -0.150. The van der Waals surface area contributed by atoms with Crippen molar-refractivity contribution in [3.8, 4) is 0 Å². The van der Waals surface area contributed by atoms with Crippen molar-refractivity contribution in [3.63, 3.8) is 0 Å². The molecule has 0 saturated heterocycles. The van der Waals surface area contributed by atoms with E-state index >= 15 is 0 Å². The predicted octanol–water partition coefficient (Wildman–Crippen LogP) is 1.91. The third-order valence-electron chi connectivity index (χ3n) is 4.58. The lowest BCUT2D eigenvalue weighted by atomic mass is 10.3. The number of imidazole rings is 1. The van der Waals surface area contributed by atoms with Crippen molar-refractivity contribution in [2.75, 3.05) is 18.7 Å². The molecule has 1 aliphatic carbocycles. The SMILES string of the molecule is CC(C)OC(=O)C1(N)CC1.CC(C)OC(=O)CO[P+](=O)COC(C)Cn1cnc2c(N)ncnc21. The first-order valence-electron chi connectivity index (χ1n) is 11.2. The number of hydrogen-bond donors (Lipinski definition) is 2. The number of carbonyl (C=O) groups is 2. The topological polar surface area (TPSA) is 184 Å². The number of nitrogen functional groups attached to an aromatic ring is 1. The van der Waals surface area contributed by atoms with Crippen LogP contribution in [0.1, 0.15) is 47.5 Å². The second kappa shape index (κ2) is 12.8. The molecule has 35 heavy (non-hydrogen) atoms. The molecule has 1 saturated carbocycles. The zero-order valence-electron chi connectivity index (χ0n) is 20.7. The van der Waals surface area contributed by atoms with Crippen molar-refractivity contribution in [2.45, 2.75) is 77.9 Å². The van der Waals surface area contributed by atoms with Crippen molar-refractivity contribution < 1.29 is 32.9 Å². The zero-order chi connectivity index (χ0) is 26.2. The number of esters is 2. The molecule has 3 rings (SSSR count). The van der Waals surface area contributed by atoms with Crippen LogP contribution in [-0.2, 0) is 39.4 Å². The Labute approximate surface area is 204 Å². The molecule has 2 aromatic rings. The minimum absolute atomic E-state index is 0.0477. The summed E-state index contributed by atoms with van der Waals surface area (Å²) >= 11 is 0. The van der Waals surface area contributed by atoms with Crippen LogP contribution in [0.3, 0.4) is 0 Å². The van der Waals surface area contributed by atoms with Gasteiger partial charge in [0.2, 0.25) is 0 Å². The Morgan fingerprint density at radius 1 is 1.11 bits per heavy atom. The summed E-state index contributed by atoms with van der Waals surface area (Å²) in [5.41, 5.74) is 11.8. The van der Waals surface area contributed by atoms with E-state index in [0.717, 1.165) is 12.8 Å². The van der Waals surface area contributed by atoms with Crippen LogP contribution in [0.15, 0.2) is 12.7 Å². The molecule has 2 unspecified atom stereocenters. The highest BCUT2D eigenvalue weighted by molar-refractivity contribution is 7.38. The summed E-state index contributed by atoms with van der Waals surface area (Å²) in [7, 11) is -2.12. The molecule has 14 heteroatoms. The molecule has 2 aromatic heterocycles. The van der Waals surface area contributed by atoms with E-state index in [4.69, 9.17) is 30.2 Å². The van der Waals surface area contributed by atoms with Gasteiger partial charge < -0.3 is 30.2 Å². The van der Waals surface area contributed by atoms with Crippen LogP contribution in [0.2, 0.25) is 0 Å². The molecule has 0 bridgehead atoms. The number of fused-ring (bicyclic) bond motifs is 1. The van der Waals surface area contributed by atoms with Crippen LogP contribution >= 0.6 is 8.03 Å². The van der Waals surface area contributed by atoms with Crippen molar-refractivity contribution in [1.82, 2.24) is 19.5 Å². The van der Waals surface area contributed by atoms with Gasteiger partial charge in [-0.1, -0.05) is 0 Å². The number of aromatic nitrogens is 4. The number of nitrogens with zero attached hydrogens (tertiary/aromatic N) is 4. The molecule has 0 aromatic carbocycles. The first kappa shape index (κ1) is 28.5. The molecule has 13 nitrogen and oxygen atoms in total. The van der Waals surface area contributed by atoms with Gasteiger partial charge in [0.25, 0.3) is 6.35 Å². The maximum Gasteiger partial charge on any atom is 0.537 e. The fraction of sp³-hybridized carbons (Fsp3) is 0.667. The minimum atomic E-state index is -2.12. The number of nitrogens with two attached hydrogens (primary N) is 2. The average Bonchev–Trinajstić information content (AvgIpc) is 3.40. The number of anilines is 1. The van der Waals surface area contributed by atoms with Gasteiger partial charge in [0, 0.05) is 0 Å². The highest BCUT2D eigenvalue weighted by Gasteiger charge is 2.47. The first-order chi connectivity index (χ1) is 16.4. The highest BCUT2D eigenvalue weighted by atomic mass is 31.1. The van der Waals surface area contributed by atoms with Crippen LogP contribution in [-0.4, -0.2) is 68.3 Å². The van der Waals surface area contributed by atoms with E-state index in [1.54, 1.807) is 24.7 Å². The van der Waals surface area contributed by atoms with Gasteiger partial charge in [-0.2, -0.15) is 0 Å². The van der Waals surface area contributed by atoms with Gasteiger partial charge in [0.05, 0.1) is 31.2 Å². The van der Waals surface area contributed by atoms with E-state index in [-0.39, 0.29) is 37.2 Å². The summed E-state index contributed by atoms with van der Waals surface area (Å²) in [6, 6.07) is 0. The third-order valence-corrected chi connectivity index (χ3v) is 5.36. The second-order valence-electron chi connectivity index (χ2n) is 8.69. The van der Waals surface area contributed by atoms with E-state index in [0.29, 0.717) is 23.5 Å². The van der Waals surface area contributed by atoms with Gasteiger partial charge in [-0.15, -0.1) is 4.52 Å².